The number of halogens is 1. The highest BCUT2D eigenvalue weighted by Crippen LogP contribution is 2.22. The molecule has 34 heavy (non-hydrogen) atoms. The number of ketones is 2. The number of nitrogens with zero attached hydrogens (tertiary/aromatic N) is 2. The highest BCUT2D eigenvalue weighted by molar-refractivity contribution is 6.02. The minimum Gasteiger partial charge on any atom is -0.370 e. The van der Waals surface area contributed by atoms with E-state index in [0.29, 0.717) is 29.3 Å². The van der Waals surface area contributed by atoms with E-state index in [1.165, 1.54) is 26.0 Å². The Bertz CT molecular complexity index is 1050. The minimum absolute atomic E-state index is 0.0257. The summed E-state index contributed by atoms with van der Waals surface area (Å²) >= 11 is 0. The first-order valence-electron chi connectivity index (χ1n) is 11.5. The maximum Gasteiger partial charge on any atom is 0.224 e. The molecule has 2 aromatic rings. The van der Waals surface area contributed by atoms with Gasteiger partial charge in [0.25, 0.3) is 0 Å². The molecule has 1 heterocycles. The Hall–Kier alpha value is -3.55. The second kappa shape index (κ2) is 11.5. The largest absolute Gasteiger partial charge is 0.370 e. The summed E-state index contributed by atoms with van der Waals surface area (Å²) in [4.78, 5) is 42.3. The summed E-state index contributed by atoms with van der Waals surface area (Å²) in [5.41, 5.74) is 8.33. The lowest BCUT2D eigenvalue weighted by Crippen LogP contribution is -2.40. The maximum absolute atomic E-state index is 13.1. The average Bonchev–Trinajstić information content (AvgIpc) is 2.80. The van der Waals surface area contributed by atoms with Crippen LogP contribution in [-0.2, 0) is 11.2 Å². The van der Waals surface area contributed by atoms with E-state index in [4.69, 9.17) is 5.73 Å². The first-order chi connectivity index (χ1) is 16.2. The van der Waals surface area contributed by atoms with Gasteiger partial charge in [0.2, 0.25) is 5.91 Å². The van der Waals surface area contributed by atoms with E-state index in [0.717, 1.165) is 31.4 Å². The number of likely N-dealkylation sites (tertiary alicyclic amines) is 1. The van der Waals surface area contributed by atoms with Crippen molar-refractivity contribution in [2.75, 3.05) is 25.0 Å². The zero-order chi connectivity index (χ0) is 24.7. The molecule has 180 valence electrons. The molecule has 1 saturated heterocycles. The third-order valence-electron chi connectivity index (χ3n) is 5.94. The smallest absolute Gasteiger partial charge is 0.224 e. The highest BCUT2D eigenvalue weighted by Gasteiger charge is 2.23. The quantitative estimate of drug-likeness (QED) is 0.350. The van der Waals surface area contributed by atoms with Gasteiger partial charge in [-0.3, -0.25) is 19.4 Å². The van der Waals surface area contributed by atoms with Crippen molar-refractivity contribution in [3.8, 4) is 0 Å². The van der Waals surface area contributed by atoms with Crippen molar-refractivity contribution in [2.45, 2.75) is 39.5 Å². The molecule has 1 aliphatic heterocycles. The highest BCUT2D eigenvalue weighted by atomic mass is 19.1. The van der Waals surface area contributed by atoms with Gasteiger partial charge in [-0.05, 0) is 74.9 Å². The van der Waals surface area contributed by atoms with E-state index in [2.05, 4.69) is 10.3 Å². The Labute approximate surface area is 199 Å². The molecule has 1 aliphatic rings. The third-order valence-corrected chi connectivity index (χ3v) is 5.94. The van der Waals surface area contributed by atoms with Crippen molar-refractivity contribution in [1.29, 1.82) is 0 Å². The minimum atomic E-state index is -0.246. The number of benzene rings is 2. The lowest BCUT2D eigenvalue weighted by atomic mass is 9.91. The Morgan fingerprint density at radius 3 is 2.35 bits per heavy atom. The zero-order valence-electron chi connectivity index (χ0n) is 19.6. The molecule has 3 N–H and O–H groups in total. The molecule has 1 fully saturated rings. The summed E-state index contributed by atoms with van der Waals surface area (Å²) in [5, 5.41) is 2.90. The van der Waals surface area contributed by atoms with Crippen LogP contribution in [0.15, 0.2) is 47.5 Å². The van der Waals surface area contributed by atoms with Gasteiger partial charge in [0.15, 0.2) is 17.5 Å². The third kappa shape index (κ3) is 7.23. The van der Waals surface area contributed by atoms with Gasteiger partial charge in [0.1, 0.15) is 5.82 Å². The summed E-state index contributed by atoms with van der Waals surface area (Å²) in [6.07, 6.45) is 3.03. The fraction of sp³-hybridized carbons (Fsp3) is 0.385. The van der Waals surface area contributed by atoms with Crippen LogP contribution in [0.4, 0.5) is 10.1 Å². The number of rotatable bonds is 8. The number of carbonyl (C=O) groups excluding carboxylic acids is 3. The van der Waals surface area contributed by atoms with E-state index in [1.807, 2.05) is 4.90 Å². The van der Waals surface area contributed by atoms with Crippen LogP contribution in [0.25, 0.3) is 0 Å². The maximum atomic E-state index is 13.1. The van der Waals surface area contributed by atoms with Crippen LogP contribution in [0.1, 0.15) is 59.4 Å². The Balaban J connectivity index is 1.52. The molecule has 0 radical (unpaired) electrons. The van der Waals surface area contributed by atoms with Crippen molar-refractivity contribution >= 4 is 29.1 Å². The molecular weight excluding hydrogens is 435 g/mol. The number of anilines is 1. The number of aliphatic imine (C=N–C) groups is 1. The second-order valence-electron chi connectivity index (χ2n) is 8.73. The van der Waals surface area contributed by atoms with Crippen LogP contribution in [-0.4, -0.2) is 48.0 Å². The zero-order valence-corrected chi connectivity index (χ0v) is 19.6. The van der Waals surface area contributed by atoms with Gasteiger partial charge < -0.3 is 16.0 Å². The first-order valence-corrected chi connectivity index (χ1v) is 11.5. The Kier molecular flexibility index (Phi) is 8.51. The lowest BCUT2D eigenvalue weighted by Gasteiger charge is -2.33. The molecule has 7 nitrogen and oxygen atoms in total. The van der Waals surface area contributed by atoms with Crippen LogP contribution < -0.4 is 11.1 Å². The van der Waals surface area contributed by atoms with E-state index in [9.17, 15) is 18.8 Å². The fourth-order valence-corrected chi connectivity index (χ4v) is 4.14. The van der Waals surface area contributed by atoms with Crippen LogP contribution >= 0.6 is 0 Å². The summed E-state index contributed by atoms with van der Waals surface area (Å²) in [7, 11) is 0. The predicted octanol–water partition coefficient (Wildman–Crippen LogP) is 3.83. The molecule has 2 aromatic carbocycles. The van der Waals surface area contributed by atoms with Gasteiger partial charge in [0.05, 0.1) is 6.54 Å². The van der Waals surface area contributed by atoms with Gasteiger partial charge >= 0.3 is 0 Å². The van der Waals surface area contributed by atoms with Gasteiger partial charge in [-0.15, -0.1) is 0 Å². The molecule has 0 unspecified atom stereocenters. The lowest BCUT2D eigenvalue weighted by molar-refractivity contribution is -0.132. The number of nitrogens with one attached hydrogen (secondary N) is 1. The Morgan fingerprint density at radius 2 is 1.74 bits per heavy atom. The normalized spacial score (nSPS) is 16.3. The molecule has 0 bridgehead atoms. The molecule has 0 aliphatic carbocycles. The van der Waals surface area contributed by atoms with Crippen molar-refractivity contribution in [3.05, 3.63) is 65.0 Å². The average molecular weight is 467 g/mol. The van der Waals surface area contributed by atoms with E-state index in [1.54, 1.807) is 30.3 Å². The van der Waals surface area contributed by atoms with Crippen LogP contribution in [0.3, 0.4) is 0 Å². The number of guanidine groups is 1. The molecule has 0 saturated carbocycles. The number of Topliss-reactive ketones (excluding diaryl/α,β-unsaturated/α-hetero) is 2. The monoisotopic (exact) mass is 466 g/mol. The second-order valence-corrected chi connectivity index (χ2v) is 8.73. The molecule has 1 atom stereocenters. The van der Waals surface area contributed by atoms with Gasteiger partial charge in [0, 0.05) is 36.3 Å². The van der Waals surface area contributed by atoms with E-state index in [-0.39, 0.29) is 42.2 Å². The number of carbonyl (C=O) groups is 3. The summed E-state index contributed by atoms with van der Waals surface area (Å²) in [5.74, 6) is -0.0848. The number of piperidine rings is 1. The van der Waals surface area contributed by atoms with Crippen LogP contribution in [0.2, 0.25) is 0 Å². The topological polar surface area (TPSA) is 105 Å². The van der Waals surface area contributed by atoms with Crippen molar-refractivity contribution in [1.82, 2.24) is 4.90 Å². The fourth-order valence-electron chi connectivity index (χ4n) is 4.14. The number of hydrogen-bond acceptors (Lipinski definition) is 4. The predicted molar refractivity (Wildman–Crippen MR) is 131 cm³/mol. The summed E-state index contributed by atoms with van der Waals surface area (Å²) in [6, 6.07) is 11.3. The summed E-state index contributed by atoms with van der Waals surface area (Å²) < 4.78 is 13.1. The van der Waals surface area contributed by atoms with Crippen LogP contribution in [0.5, 0.6) is 0 Å². The van der Waals surface area contributed by atoms with Crippen LogP contribution in [0, 0.1) is 11.7 Å². The first kappa shape index (κ1) is 25.1. The van der Waals surface area contributed by atoms with Crippen molar-refractivity contribution in [2.24, 2.45) is 16.6 Å². The molecule has 3 rings (SSSR count). The summed E-state index contributed by atoms with van der Waals surface area (Å²) in [6.45, 7) is 4.48. The number of hydrogen-bond donors (Lipinski definition) is 2. The number of nitrogens with two attached hydrogens (primary N) is 1. The van der Waals surface area contributed by atoms with E-state index >= 15 is 0 Å². The van der Waals surface area contributed by atoms with Gasteiger partial charge in [-0.2, -0.15) is 0 Å². The molecule has 0 aromatic heterocycles. The SMILES string of the molecule is CC(=O)c1cc(NC(N)=NCCC(=O)N2CCC[C@@H](Cc3ccc(F)cc3)C2)cc(C(C)=O)c1. The number of amides is 1. The molecular formula is C26H31FN4O3. The van der Waals surface area contributed by atoms with Crippen molar-refractivity contribution in [3.63, 3.8) is 0 Å². The van der Waals surface area contributed by atoms with Crippen molar-refractivity contribution < 1.29 is 18.8 Å². The van der Waals surface area contributed by atoms with Gasteiger partial charge in [-0.25, -0.2) is 4.39 Å². The standard InChI is InChI=1S/C26H31FN4O3/c1-17(32)21-13-22(18(2)33)15-24(14-21)30-26(28)29-10-9-25(34)31-11-3-4-20(16-31)12-19-5-7-23(27)8-6-19/h5-8,13-15,20H,3-4,9-12,16H2,1-2H3,(H3,28,29,30)/t20-/m0/s1. The van der Waals surface area contributed by atoms with E-state index < -0.39 is 0 Å². The molecule has 8 heteroatoms. The Morgan fingerprint density at radius 1 is 1.09 bits per heavy atom. The molecule has 0 spiro atoms. The molecule has 1 amide bonds. The van der Waals surface area contributed by atoms with Gasteiger partial charge in [-0.1, -0.05) is 12.1 Å².